The second-order valence-electron chi connectivity index (χ2n) is 6.53. The quantitative estimate of drug-likeness (QED) is 0.848. The molecule has 0 aromatic carbocycles. The van der Waals surface area contributed by atoms with Crippen LogP contribution in [0.1, 0.15) is 67.8 Å². The monoisotopic (exact) mass is 266 g/mol. The molecular formula is C14H22N2OS. The van der Waals surface area contributed by atoms with Crippen molar-refractivity contribution in [2.75, 3.05) is 0 Å². The van der Waals surface area contributed by atoms with Gasteiger partial charge in [0.2, 0.25) is 0 Å². The minimum Gasteiger partial charge on any atom is -0.368 e. The minimum atomic E-state index is 0.161. The highest BCUT2D eigenvalue weighted by Crippen LogP contribution is 2.44. The van der Waals surface area contributed by atoms with Crippen LogP contribution < -0.4 is 5.73 Å². The highest BCUT2D eigenvalue weighted by molar-refractivity contribution is 7.11. The molecule has 1 aromatic rings. The standard InChI is InChI=1S/C14H22N2OS/c1-8-4-5-11(17-8)13-16-10-7-14(2,3)6-9(15)12(10)18-13/h8-9,11H,4-7,15H2,1-3H3. The summed E-state index contributed by atoms with van der Waals surface area (Å²) in [5, 5.41) is 1.15. The summed E-state index contributed by atoms with van der Waals surface area (Å²) in [5.74, 6) is 0. The number of aromatic nitrogens is 1. The van der Waals surface area contributed by atoms with Crippen molar-refractivity contribution >= 4 is 11.3 Å². The van der Waals surface area contributed by atoms with Crippen molar-refractivity contribution in [1.82, 2.24) is 4.98 Å². The van der Waals surface area contributed by atoms with E-state index < -0.39 is 0 Å². The molecule has 100 valence electrons. The van der Waals surface area contributed by atoms with Crippen molar-refractivity contribution in [2.45, 2.75) is 64.7 Å². The molecule has 3 unspecified atom stereocenters. The van der Waals surface area contributed by atoms with Crippen LogP contribution in [0, 0.1) is 5.41 Å². The zero-order valence-electron chi connectivity index (χ0n) is 11.4. The number of nitrogens with zero attached hydrogens (tertiary/aromatic N) is 1. The van der Waals surface area contributed by atoms with Crippen LogP contribution in [0.2, 0.25) is 0 Å². The molecule has 1 aliphatic heterocycles. The molecule has 0 spiro atoms. The fourth-order valence-corrected chi connectivity index (χ4v) is 4.29. The summed E-state index contributed by atoms with van der Waals surface area (Å²) in [6.07, 6.45) is 4.95. The first-order valence-corrected chi connectivity index (χ1v) is 7.67. The number of fused-ring (bicyclic) bond motifs is 1. The molecule has 18 heavy (non-hydrogen) atoms. The normalized spacial score (nSPS) is 34.6. The van der Waals surface area contributed by atoms with Crippen LogP contribution in [0.25, 0.3) is 0 Å². The summed E-state index contributed by atoms with van der Waals surface area (Å²) < 4.78 is 5.92. The van der Waals surface area contributed by atoms with E-state index in [0.717, 1.165) is 30.7 Å². The Hall–Kier alpha value is -0.450. The number of ether oxygens (including phenoxy) is 1. The van der Waals surface area contributed by atoms with E-state index in [-0.39, 0.29) is 17.6 Å². The van der Waals surface area contributed by atoms with E-state index in [4.69, 9.17) is 15.5 Å². The van der Waals surface area contributed by atoms with E-state index in [9.17, 15) is 0 Å². The molecule has 3 rings (SSSR count). The van der Waals surface area contributed by atoms with Crippen LogP contribution >= 0.6 is 11.3 Å². The Labute approximate surface area is 113 Å². The Morgan fingerprint density at radius 2 is 2.17 bits per heavy atom. The summed E-state index contributed by atoms with van der Waals surface area (Å²) in [5.41, 5.74) is 7.79. The third-order valence-electron chi connectivity index (χ3n) is 4.01. The van der Waals surface area contributed by atoms with Gasteiger partial charge in [0.1, 0.15) is 11.1 Å². The van der Waals surface area contributed by atoms with Gasteiger partial charge >= 0.3 is 0 Å². The van der Waals surface area contributed by atoms with Crippen LogP contribution in [-0.4, -0.2) is 11.1 Å². The third kappa shape index (κ3) is 2.22. The lowest BCUT2D eigenvalue weighted by Crippen LogP contribution is -2.28. The Morgan fingerprint density at radius 1 is 1.39 bits per heavy atom. The van der Waals surface area contributed by atoms with E-state index in [0.29, 0.717) is 6.10 Å². The average Bonchev–Trinajstić information content (AvgIpc) is 2.82. The molecule has 1 aromatic heterocycles. The van der Waals surface area contributed by atoms with Gasteiger partial charge in [-0.25, -0.2) is 4.98 Å². The van der Waals surface area contributed by atoms with Gasteiger partial charge in [-0.15, -0.1) is 11.3 Å². The smallest absolute Gasteiger partial charge is 0.122 e. The lowest BCUT2D eigenvalue weighted by Gasteiger charge is -2.32. The molecule has 2 aliphatic rings. The molecule has 2 heterocycles. The Kier molecular flexibility index (Phi) is 3.00. The zero-order valence-corrected chi connectivity index (χ0v) is 12.2. The molecule has 2 N–H and O–H groups in total. The van der Waals surface area contributed by atoms with E-state index in [2.05, 4.69) is 20.8 Å². The zero-order chi connectivity index (χ0) is 12.9. The highest BCUT2D eigenvalue weighted by atomic mass is 32.1. The van der Waals surface area contributed by atoms with Crippen LogP contribution in [0.15, 0.2) is 0 Å². The number of hydrogen-bond acceptors (Lipinski definition) is 4. The van der Waals surface area contributed by atoms with E-state index in [1.54, 1.807) is 11.3 Å². The van der Waals surface area contributed by atoms with Crippen molar-refractivity contribution in [3.63, 3.8) is 0 Å². The van der Waals surface area contributed by atoms with Crippen molar-refractivity contribution in [3.05, 3.63) is 15.6 Å². The van der Waals surface area contributed by atoms with Crippen molar-refractivity contribution < 1.29 is 4.74 Å². The molecule has 0 bridgehead atoms. The molecule has 4 heteroatoms. The largest absolute Gasteiger partial charge is 0.368 e. The summed E-state index contributed by atoms with van der Waals surface area (Å²) >= 11 is 1.78. The number of nitrogens with two attached hydrogens (primary N) is 1. The number of hydrogen-bond donors (Lipinski definition) is 1. The molecular weight excluding hydrogens is 244 g/mol. The Bertz CT molecular complexity index is 455. The maximum absolute atomic E-state index is 6.29. The average molecular weight is 266 g/mol. The molecule has 0 amide bonds. The van der Waals surface area contributed by atoms with Crippen molar-refractivity contribution in [2.24, 2.45) is 11.1 Å². The van der Waals surface area contributed by atoms with Gasteiger partial charge in [-0.1, -0.05) is 13.8 Å². The Balaban J connectivity index is 1.88. The van der Waals surface area contributed by atoms with Crippen LogP contribution in [0.5, 0.6) is 0 Å². The fourth-order valence-electron chi connectivity index (χ4n) is 3.13. The van der Waals surface area contributed by atoms with Gasteiger partial charge in [0, 0.05) is 10.9 Å². The summed E-state index contributed by atoms with van der Waals surface area (Å²) in [6.45, 7) is 6.70. The van der Waals surface area contributed by atoms with Gasteiger partial charge < -0.3 is 10.5 Å². The molecule has 1 saturated heterocycles. The second kappa shape index (κ2) is 4.29. The number of thiazole rings is 1. The molecule has 3 atom stereocenters. The van der Waals surface area contributed by atoms with Gasteiger partial charge in [-0.05, 0) is 38.0 Å². The van der Waals surface area contributed by atoms with Crippen molar-refractivity contribution in [3.8, 4) is 0 Å². The topological polar surface area (TPSA) is 48.1 Å². The summed E-state index contributed by atoms with van der Waals surface area (Å²) in [6, 6.07) is 0.161. The van der Waals surface area contributed by atoms with Gasteiger partial charge in [0.05, 0.1) is 11.8 Å². The van der Waals surface area contributed by atoms with Gasteiger partial charge in [0.25, 0.3) is 0 Å². The molecule has 0 radical (unpaired) electrons. The lowest BCUT2D eigenvalue weighted by molar-refractivity contribution is 0.0553. The predicted molar refractivity (Wildman–Crippen MR) is 73.7 cm³/mol. The Morgan fingerprint density at radius 3 is 2.83 bits per heavy atom. The molecule has 0 saturated carbocycles. The lowest BCUT2D eigenvalue weighted by atomic mass is 9.77. The molecule has 1 aliphatic carbocycles. The van der Waals surface area contributed by atoms with Crippen LogP contribution in [0.4, 0.5) is 0 Å². The predicted octanol–water partition coefficient (Wildman–Crippen LogP) is 3.36. The van der Waals surface area contributed by atoms with Gasteiger partial charge in [-0.3, -0.25) is 0 Å². The second-order valence-corrected chi connectivity index (χ2v) is 7.59. The molecule has 3 nitrogen and oxygen atoms in total. The molecule has 1 fully saturated rings. The maximum atomic E-state index is 6.29. The van der Waals surface area contributed by atoms with Crippen molar-refractivity contribution in [1.29, 1.82) is 0 Å². The number of rotatable bonds is 1. The van der Waals surface area contributed by atoms with E-state index >= 15 is 0 Å². The van der Waals surface area contributed by atoms with Crippen LogP contribution in [-0.2, 0) is 11.2 Å². The van der Waals surface area contributed by atoms with E-state index in [1.807, 2.05) is 0 Å². The third-order valence-corrected chi connectivity index (χ3v) is 5.33. The van der Waals surface area contributed by atoms with Gasteiger partial charge in [0.15, 0.2) is 0 Å². The first-order valence-electron chi connectivity index (χ1n) is 6.85. The summed E-state index contributed by atoms with van der Waals surface area (Å²) in [4.78, 5) is 6.13. The first kappa shape index (κ1) is 12.6. The van der Waals surface area contributed by atoms with Gasteiger partial charge in [-0.2, -0.15) is 0 Å². The minimum absolute atomic E-state index is 0.161. The maximum Gasteiger partial charge on any atom is 0.122 e. The van der Waals surface area contributed by atoms with Crippen LogP contribution in [0.3, 0.4) is 0 Å². The fraction of sp³-hybridized carbons (Fsp3) is 0.786. The summed E-state index contributed by atoms with van der Waals surface area (Å²) in [7, 11) is 0. The first-order chi connectivity index (χ1) is 8.44. The highest BCUT2D eigenvalue weighted by Gasteiger charge is 2.35. The van der Waals surface area contributed by atoms with E-state index in [1.165, 1.54) is 10.6 Å². The SMILES string of the molecule is CC1CCC(c2nc3c(s2)C(N)CC(C)(C)C3)O1.